The summed E-state index contributed by atoms with van der Waals surface area (Å²) in [5, 5.41) is 9.65. The van der Waals surface area contributed by atoms with E-state index >= 15 is 0 Å². The number of aryl methyl sites for hydroxylation is 1. The van der Waals surface area contributed by atoms with Gasteiger partial charge in [-0.2, -0.15) is 5.10 Å². The van der Waals surface area contributed by atoms with Gasteiger partial charge in [0.15, 0.2) is 0 Å². The van der Waals surface area contributed by atoms with Gasteiger partial charge in [0.05, 0.1) is 6.04 Å². The monoisotopic (exact) mass is 347 g/mol. The Morgan fingerprint density at radius 3 is 2.50 bits per heavy atom. The summed E-state index contributed by atoms with van der Waals surface area (Å²) in [5.74, 6) is -0.0833. The van der Waals surface area contributed by atoms with Crippen LogP contribution in [0.25, 0.3) is 0 Å². The van der Waals surface area contributed by atoms with E-state index in [1.165, 1.54) is 12.8 Å². The molecule has 0 aliphatic carbocycles. The van der Waals surface area contributed by atoms with Crippen LogP contribution in [0, 0.1) is 6.92 Å². The molecule has 0 unspecified atom stereocenters. The number of amides is 1. The van der Waals surface area contributed by atoms with Crippen molar-refractivity contribution in [2.75, 3.05) is 13.1 Å². The summed E-state index contributed by atoms with van der Waals surface area (Å²) in [4.78, 5) is 12.6. The van der Waals surface area contributed by atoms with E-state index < -0.39 is 0 Å². The number of hydrazone groups is 1. The van der Waals surface area contributed by atoms with Crippen LogP contribution in [0.2, 0.25) is 0 Å². The maximum absolute atomic E-state index is 12.6. The molecule has 1 atom stereocenters. The fraction of sp³-hybridized carbons (Fsp3) is 0.273. The fourth-order valence-corrected chi connectivity index (χ4v) is 3.09. The molecule has 2 aromatic rings. The number of carbonyl (C=O) groups excluding carboxylic acids is 1. The Hall–Kier alpha value is -2.88. The van der Waals surface area contributed by atoms with E-state index in [1.54, 1.807) is 0 Å². The molecule has 4 heteroatoms. The second-order valence-electron chi connectivity index (χ2n) is 6.48. The fourth-order valence-electron chi connectivity index (χ4n) is 3.09. The summed E-state index contributed by atoms with van der Waals surface area (Å²) in [5.41, 5.74) is 2.89. The molecule has 1 fully saturated rings. The van der Waals surface area contributed by atoms with Gasteiger partial charge in [0.1, 0.15) is 0 Å². The summed E-state index contributed by atoms with van der Waals surface area (Å²) < 4.78 is 0. The highest BCUT2D eigenvalue weighted by Gasteiger charge is 2.14. The molecule has 0 aromatic heterocycles. The van der Waals surface area contributed by atoms with Crippen molar-refractivity contribution >= 4 is 12.1 Å². The molecule has 1 aliphatic heterocycles. The van der Waals surface area contributed by atoms with Crippen LogP contribution in [0.3, 0.4) is 0 Å². The Bertz CT molecular complexity index is 777. The summed E-state index contributed by atoms with van der Waals surface area (Å²) in [6.07, 6.45) is 8.13. The normalized spacial score (nSPS) is 15.7. The van der Waals surface area contributed by atoms with Crippen molar-refractivity contribution in [2.24, 2.45) is 5.10 Å². The van der Waals surface area contributed by atoms with Gasteiger partial charge in [-0.25, -0.2) is 0 Å². The van der Waals surface area contributed by atoms with Crippen molar-refractivity contribution in [2.45, 2.75) is 25.8 Å². The topological polar surface area (TPSA) is 44.7 Å². The lowest BCUT2D eigenvalue weighted by Crippen LogP contribution is -2.27. The van der Waals surface area contributed by atoms with Crippen molar-refractivity contribution in [1.29, 1.82) is 0 Å². The third-order valence-electron chi connectivity index (χ3n) is 4.55. The highest BCUT2D eigenvalue weighted by atomic mass is 16.1. The lowest BCUT2D eigenvalue weighted by molar-refractivity contribution is 0.0944. The summed E-state index contributed by atoms with van der Waals surface area (Å²) >= 11 is 0. The predicted octanol–water partition coefficient (Wildman–Crippen LogP) is 4.10. The first-order valence-corrected chi connectivity index (χ1v) is 9.11. The smallest absolute Gasteiger partial charge is 0.252 e. The molecule has 1 amide bonds. The number of carbonyl (C=O) groups is 1. The average Bonchev–Trinajstić information content (AvgIpc) is 3.19. The third kappa shape index (κ3) is 4.82. The standard InChI is InChI=1S/C22H25N3O/c1-18-10-5-6-13-20(18)21(14-9-15-23-25-16-7-8-17-25)24-22(26)19-11-3-2-4-12-19/h2-6,9-15,21H,7-8,16-17H2,1H3,(H,24,26)/b14-9+,23-15+/t21-/m1/s1. The number of rotatable bonds is 6. The molecule has 0 spiro atoms. The largest absolute Gasteiger partial charge is 0.342 e. The lowest BCUT2D eigenvalue weighted by Gasteiger charge is -2.18. The molecule has 134 valence electrons. The van der Waals surface area contributed by atoms with Gasteiger partial charge in [-0.05, 0) is 49.1 Å². The molecular weight excluding hydrogens is 322 g/mol. The van der Waals surface area contributed by atoms with Gasteiger partial charge in [-0.15, -0.1) is 0 Å². The zero-order chi connectivity index (χ0) is 18.2. The zero-order valence-electron chi connectivity index (χ0n) is 15.1. The van der Waals surface area contributed by atoms with Gasteiger partial charge >= 0.3 is 0 Å². The van der Waals surface area contributed by atoms with Gasteiger partial charge in [0.2, 0.25) is 0 Å². The second-order valence-corrected chi connectivity index (χ2v) is 6.48. The van der Waals surface area contributed by atoms with Crippen LogP contribution in [-0.4, -0.2) is 30.2 Å². The Balaban J connectivity index is 1.75. The molecule has 26 heavy (non-hydrogen) atoms. The van der Waals surface area contributed by atoms with Gasteiger partial charge in [-0.3, -0.25) is 9.80 Å². The van der Waals surface area contributed by atoms with E-state index in [-0.39, 0.29) is 11.9 Å². The number of hydrogen-bond acceptors (Lipinski definition) is 3. The molecular formula is C22H25N3O. The summed E-state index contributed by atoms with van der Waals surface area (Å²) in [6, 6.07) is 17.2. The Kier molecular flexibility index (Phi) is 6.20. The minimum Gasteiger partial charge on any atom is -0.342 e. The van der Waals surface area contributed by atoms with E-state index in [1.807, 2.05) is 66.9 Å². The van der Waals surface area contributed by atoms with Gasteiger partial charge in [-0.1, -0.05) is 48.5 Å². The van der Waals surface area contributed by atoms with Crippen LogP contribution in [-0.2, 0) is 0 Å². The predicted molar refractivity (Wildman–Crippen MR) is 106 cm³/mol. The van der Waals surface area contributed by atoms with Gasteiger partial charge < -0.3 is 5.32 Å². The van der Waals surface area contributed by atoms with Crippen LogP contribution in [0.1, 0.15) is 40.4 Å². The van der Waals surface area contributed by atoms with Crippen LogP contribution in [0.4, 0.5) is 0 Å². The Morgan fingerprint density at radius 1 is 1.08 bits per heavy atom. The first-order valence-electron chi connectivity index (χ1n) is 9.11. The van der Waals surface area contributed by atoms with E-state index in [2.05, 4.69) is 28.4 Å². The van der Waals surface area contributed by atoms with Crippen molar-refractivity contribution in [3.05, 3.63) is 83.4 Å². The van der Waals surface area contributed by atoms with E-state index in [4.69, 9.17) is 0 Å². The molecule has 4 nitrogen and oxygen atoms in total. The molecule has 0 radical (unpaired) electrons. The minimum absolute atomic E-state index is 0.0833. The number of allylic oxidation sites excluding steroid dienone is 1. The molecule has 1 saturated heterocycles. The van der Waals surface area contributed by atoms with E-state index in [9.17, 15) is 4.79 Å². The molecule has 0 saturated carbocycles. The molecule has 1 heterocycles. The van der Waals surface area contributed by atoms with E-state index in [0.717, 1.165) is 24.2 Å². The quantitative estimate of drug-likeness (QED) is 0.800. The van der Waals surface area contributed by atoms with Crippen molar-refractivity contribution in [3.63, 3.8) is 0 Å². The van der Waals surface area contributed by atoms with Gasteiger partial charge in [0.25, 0.3) is 5.91 Å². The van der Waals surface area contributed by atoms with Crippen molar-refractivity contribution in [3.8, 4) is 0 Å². The number of benzene rings is 2. The Labute approximate surface area is 155 Å². The zero-order valence-corrected chi connectivity index (χ0v) is 15.1. The van der Waals surface area contributed by atoms with E-state index in [0.29, 0.717) is 5.56 Å². The molecule has 1 N–H and O–H groups in total. The minimum atomic E-state index is -0.200. The highest BCUT2D eigenvalue weighted by Crippen LogP contribution is 2.19. The van der Waals surface area contributed by atoms with Crippen LogP contribution < -0.4 is 5.32 Å². The maximum Gasteiger partial charge on any atom is 0.252 e. The maximum atomic E-state index is 12.6. The second kappa shape index (κ2) is 8.99. The van der Waals surface area contributed by atoms with Crippen molar-refractivity contribution < 1.29 is 4.79 Å². The number of nitrogens with one attached hydrogen (secondary N) is 1. The van der Waals surface area contributed by atoms with Crippen molar-refractivity contribution in [1.82, 2.24) is 10.3 Å². The molecule has 2 aromatic carbocycles. The van der Waals surface area contributed by atoms with Crippen LogP contribution in [0.5, 0.6) is 0 Å². The summed E-state index contributed by atoms with van der Waals surface area (Å²) in [6.45, 7) is 4.11. The third-order valence-corrected chi connectivity index (χ3v) is 4.55. The van der Waals surface area contributed by atoms with Crippen LogP contribution in [0.15, 0.2) is 71.9 Å². The summed E-state index contributed by atoms with van der Waals surface area (Å²) in [7, 11) is 0. The molecule has 3 rings (SSSR count). The first kappa shape index (κ1) is 17.9. The Morgan fingerprint density at radius 2 is 1.77 bits per heavy atom. The first-order chi connectivity index (χ1) is 12.7. The molecule has 1 aliphatic rings. The average molecular weight is 347 g/mol. The van der Waals surface area contributed by atoms with Crippen LogP contribution >= 0.6 is 0 Å². The SMILES string of the molecule is Cc1ccccc1[C@@H](/C=C/C=N/N1CCCC1)NC(=O)c1ccccc1. The lowest BCUT2D eigenvalue weighted by atomic mass is 10.0. The molecule has 0 bridgehead atoms. The number of nitrogens with zero attached hydrogens (tertiary/aromatic N) is 2. The van der Waals surface area contributed by atoms with Gasteiger partial charge in [0, 0.05) is 24.9 Å². The highest BCUT2D eigenvalue weighted by molar-refractivity contribution is 5.94. The number of hydrogen-bond donors (Lipinski definition) is 1.